The number of imide groups is 1. The zero-order valence-corrected chi connectivity index (χ0v) is 23.7. The van der Waals surface area contributed by atoms with Gasteiger partial charge < -0.3 is 15.6 Å². The highest BCUT2D eigenvalue weighted by molar-refractivity contribution is 7.89. The van der Waals surface area contributed by atoms with E-state index in [-0.39, 0.29) is 23.2 Å². The van der Waals surface area contributed by atoms with Crippen LogP contribution in [0, 0.1) is 5.92 Å². The van der Waals surface area contributed by atoms with Gasteiger partial charge in [-0.05, 0) is 54.3 Å². The van der Waals surface area contributed by atoms with Gasteiger partial charge in [0.2, 0.25) is 15.9 Å². The van der Waals surface area contributed by atoms with E-state index in [2.05, 4.69) is 4.72 Å². The summed E-state index contributed by atoms with van der Waals surface area (Å²) in [5, 5.41) is 10.6. The summed E-state index contributed by atoms with van der Waals surface area (Å²) in [5.41, 5.74) is 6.72. The molecule has 0 aliphatic carbocycles. The Labute approximate surface area is 239 Å². The number of carbonyl (C=O) groups is 2. The minimum Gasteiger partial charge on any atom is -0.444 e. The molecule has 0 aliphatic rings. The second-order valence-corrected chi connectivity index (χ2v) is 11.4. The van der Waals surface area contributed by atoms with Crippen LogP contribution in [0.25, 0.3) is 0 Å². The third kappa shape index (κ3) is 10.2. The summed E-state index contributed by atoms with van der Waals surface area (Å²) in [5.74, 6) is 0.0942. The maximum atomic E-state index is 13.0. The number of nitrogens with two attached hydrogens (primary N) is 1. The predicted octanol–water partition coefficient (Wildman–Crippen LogP) is 3.24. The first-order valence-electron chi connectivity index (χ1n) is 13.0. The van der Waals surface area contributed by atoms with Crippen LogP contribution in [0.4, 0.5) is 4.79 Å². The Kier molecular flexibility index (Phi) is 11.7. The Balaban J connectivity index is 1.59. The molecule has 0 saturated heterocycles. The van der Waals surface area contributed by atoms with Gasteiger partial charge in [0.1, 0.15) is 6.61 Å². The normalized spacial score (nSPS) is 12.8. The van der Waals surface area contributed by atoms with Crippen molar-refractivity contribution in [1.82, 2.24) is 9.62 Å². The largest absolute Gasteiger partial charge is 0.444 e. The van der Waals surface area contributed by atoms with Crippen LogP contribution in [0.3, 0.4) is 0 Å². The number of sulfonamides is 1. The number of carbonyl (C=O) groups excluding carboxylic acids is 2. The predicted molar refractivity (Wildman–Crippen MR) is 151 cm³/mol. The Morgan fingerprint density at radius 2 is 1.46 bits per heavy atom. The van der Waals surface area contributed by atoms with Crippen LogP contribution in [0.5, 0.6) is 11.5 Å². The van der Waals surface area contributed by atoms with Gasteiger partial charge in [0.05, 0.1) is 23.6 Å². The van der Waals surface area contributed by atoms with Crippen molar-refractivity contribution in [2.75, 3.05) is 13.1 Å². The number of hydrogen-bond donors (Lipinski definition) is 3. The van der Waals surface area contributed by atoms with E-state index in [0.29, 0.717) is 22.6 Å². The molecular formula is C29H35N3O8S. The zero-order chi connectivity index (χ0) is 29.8. The molecule has 0 spiro atoms. The molecule has 0 heterocycles. The molecule has 2 amide bonds. The monoisotopic (exact) mass is 585 g/mol. The first-order chi connectivity index (χ1) is 19.5. The highest BCUT2D eigenvalue weighted by Crippen LogP contribution is 2.18. The van der Waals surface area contributed by atoms with Gasteiger partial charge in [-0.1, -0.05) is 62.4 Å². The molecule has 0 aromatic heterocycles. The molecule has 0 aliphatic heterocycles. The number of amides is 2. The molecule has 0 bridgehead atoms. The molecule has 4 N–H and O–H groups in total. The van der Waals surface area contributed by atoms with Crippen LogP contribution in [0.2, 0.25) is 0 Å². The van der Waals surface area contributed by atoms with Crippen LogP contribution < -0.4 is 20.2 Å². The Morgan fingerprint density at radius 1 is 0.902 bits per heavy atom. The fourth-order valence-electron chi connectivity index (χ4n) is 3.67. The fraction of sp³-hybridized carbons (Fsp3) is 0.310. The quantitative estimate of drug-likeness (QED) is 0.191. The molecule has 3 aromatic carbocycles. The summed E-state index contributed by atoms with van der Waals surface area (Å²) >= 11 is 0. The topological polar surface area (TPSA) is 157 Å². The number of nitrogens with one attached hydrogen (secondary N) is 1. The van der Waals surface area contributed by atoms with E-state index in [1.165, 1.54) is 24.3 Å². The molecule has 11 nitrogen and oxygen atoms in total. The third-order valence-electron chi connectivity index (χ3n) is 5.75. The number of para-hydroxylation sites is 1. The van der Waals surface area contributed by atoms with Gasteiger partial charge >= 0.3 is 6.09 Å². The third-order valence-corrected chi connectivity index (χ3v) is 7.19. The van der Waals surface area contributed by atoms with Gasteiger partial charge in [-0.2, -0.15) is 0 Å². The van der Waals surface area contributed by atoms with Crippen LogP contribution in [0.1, 0.15) is 25.8 Å². The molecule has 3 rings (SSSR count). The molecule has 0 radical (unpaired) electrons. The molecule has 1 unspecified atom stereocenters. The average Bonchev–Trinajstić information content (AvgIpc) is 2.97. The number of nitrogens with zero attached hydrogens (tertiary/aromatic N) is 1. The zero-order valence-electron chi connectivity index (χ0n) is 22.9. The van der Waals surface area contributed by atoms with Crippen molar-refractivity contribution in [3.8, 4) is 11.5 Å². The van der Waals surface area contributed by atoms with E-state index in [1.54, 1.807) is 48.5 Å². The minimum absolute atomic E-state index is 0.0783. The van der Waals surface area contributed by atoms with Crippen molar-refractivity contribution < 1.29 is 37.6 Å². The maximum absolute atomic E-state index is 13.0. The van der Waals surface area contributed by atoms with Gasteiger partial charge in [0, 0.05) is 6.54 Å². The van der Waals surface area contributed by atoms with Crippen molar-refractivity contribution in [1.29, 1.82) is 0 Å². The van der Waals surface area contributed by atoms with Crippen LogP contribution in [-0.2, 0) is 26.2 Å². The first-order valence-corrected chi connectivity index (χ1v) is 14.5. The lowest BCUT2D eigenvalue weighted by Crippen LogP contribution is -2.51. The van der Waals surface area contributed by atoms with Crippen LogP contribution in [0.15, 0.2) is 89.8 Å². The van der Waals surface area contributed by atoms with Crippen molar-refractivity contribution in [3.63, 3.8) is 0 Å². The Hall–Kier alpha value is -3.97. The standard InChI is InChI=1S/C29H35N3O8S/c1-21(2)17-27(30)28(34)32(29(35)38-20-22-9-5-3-6-10-22)19-23(33)18-31-41(36,37)26-15-13-25(14-16-26)40-39-24-11-7-4-8-12-24/h3-16,21,23,27,31,33H,17-20,30H2,1-2H3/t23?,27-/m0/s1. The maximum Gasteiger partial charge on any atom is 0.416 e. The Morgan fingerprint density at radius 3 is 2.05 bits per heavy atom. The van der Waals surface area contributed by atoms with E-state index >= 15 is 0 Å². The minimum atomic E-state index is -4.04. The summed E-state index contributed by atoms with van der Waals surface area (Å²) in [4.78, 5) is 36.8. The number of hydrogen-bond acceptors (Lipinski definition) is 9. The van der Waals surface area contributed by atoms with Crippen molar-refractivity contribution >= 4 is 22.0 Å². The van der Waals surface area contributed by atoms with E-state index in [0.717, 1.165) is 0 Å². The van der Waals surface area contributed by atoms with Gasteiger partial charge in [-0.3, -0.25) is 14.6 Å². The SMILES string of the molecule is CC(C)C[C@H](N)C(=O)N(CC(O)CNS(=O)(=O)c1ccc(OOc2ccccc2)cc1)C(=O)OCc1ccccc1. The number of ether oxygens (including phenoxy) is 1. The molecule has 2 atom stereocenters. The van der Waals surface area contributed by atoms with E-state index < -0.39 is 47.3 Å². The van der Waals surface area contributed by atoms with E-state index in [4.69, 9.17) is 20.2 Å². The fourth-order valence-corrected chi connectivity index (χ4v) is 4.74. The summed E-state index contributed by atoms with van der Waals surface area (Å²) in [6, 6.07) is 22.1. The molecule has 3 aromatic rings. The van der Waals surface area contributed by atoms with Crippen LogP contribution >= 0.6 is 0 Å². The molecule has 12 heteroatoms. The van der Waals surface area contributed by atoms with Crippen LogP contribution in [-0.4, -0.2) is 55.7 Å². The molecule has 0 fully saturated rings. The highest BCUT2D eigenvalue weighted by Gasteiger charge is 2.30. The molecule has 0 saturated carbocycles. The summed E-state index contributed by atoms with van der Waals surface area (Å²) in [6.45, 7) is 2.66. The lowest BCUT2D eigenvalue weighted by Gasteiger charge is -2.26. The number of benzene rings is 3. The van der Waals surface area contributed by atoms with E-state index in [9.17, 15) is 23.1 Å². The first kappa shape index (κ1) is 31.6. The van der Waals surface area contributed by atoms with Crippen molar-refractivity contribution in [2.45, 2.75) is 43.9 Å². The lowest BCUT2D eigenvalue weighted by atomic mass is 10.0. The molecule has 41 heavy (non-hydrogen) atoms. The van der Waals surface area contributed by atoms with Gasteiger partial charge in [0.25, 0.3) is 0 Å². The summed E-state index contributed by atoms with van der Waals surface area (Å²) in [6.07, 6.45) is -2.13. The molecular weight excluding hydrogens is 550 g/mol. The second kappa shape index (κ2) is 15.1. The lowest BCUT2D eigenvalue weighted by molar-refractivity contribution is -0.132. The Bertz CT molecular complexity index is 1350. The van der Waals surface area contributed by atoms with Gasteiger partial charge in [-0.15, -0.1) is 0 Å². The number of rotatable bonds is 14. The average molecular weight is 586 g/mol. The van der Waals surface area contributed by atoms with Gasteiger partial charge in [-0.25, -0.2) is 22.8 Å². The highest BCUT2D eigenvalue weighted by atomic mass is 32.2. The number of aliphatic hydroxyl groups is 1. The number of aliphatic hydroxyl groups excluding tert-OH is 1. The second-order valence-electron chi connectivity index (χ2n) is 9.68. The van der Waals surface area contributed by atoms with Crippen molar-refractivity contribution in [3.05, 3.63) is 90.5 Å². The summed E-state index contributed by atoms with van der Waals surface area (Å²) < 4.78 is 33.1. The van der Waals surface area contributed by atoms with Gasteiger partial charge in [0.15, 0.2) is 11.5 Å². The van der Waals surface area contributed by atoms with Crippen molar-refractivity contribution in [2.24, 2.45) is 11.7 Å². The van der Waals surface area contributed by atoms with E-state index in [1.807, 2.05) is 26.0 Å². The smallest absolute Gasteiger partial charge is 0.416 e. The summed E-state index contributed by atoms with van der Waals surface area (Å²) in [7, 11) is -4.04. The molecule has 220 valence electrons.